The fourth-order valence-electron chi connectivity index (χ4n) is 10.0. The number of esters is 2. The van der Waals surface area contributed by atoms with Gasteiger partial charge in [-0.2, -0.15) is 0 Å². The van der Waals surface area contributed by atoms with Crippen LogP contribution in [0.4, 0.5) is 10.5 Å². The second-order valence-electron chi connectivity index (χ2n) is 16.9. The molecule has 4 amide bonds. The molecule has 3 aliphatic rings. The van der Waals surface area contributed by atoms with Crippen molar-refractivity contribution in [1.29, 1.82) is 0 Å². The summed E-state index contributed by atoms with van der Waals surface area (Å²) in [5, 5.41) is 20.9. The van der Waals surface area contributed by atoms with Gasteiger partial charge in [-0.3, -0.25) is 19.3 Å². The largest absolute Gasteiger partial charge is 0.491 e. The highest BCUT2D eigenvalue weighted by atomic mass is 16.6. The maximum absolute atomic E-state index is 16.3. The van der Waals surface area contributed by atoms with Crippen LogP contribution in [0, 0.1) is 23.7 Å². The average molecular weight is 902 g/mol. The van der Waals surface area contributed by atoms with Crippen molar-refractivity contribution in [3.63, 3.8) is 0 Å². The molecule has 7 atom stereocenters. The number of morpholine rings is 1. The Morgan fingerprint density at radius 2 is 1.58 bits per heavy atom. The van der Waals surface area contributed by atoms with Crippen LogP contribution < -0.4 is 20.7 Å². The maximum atomic E-state index is 16.3. The standard InChI is InChI=1S/C51H47N7O9/c1-30(2)41(47(61)65-3)53-50(64)57-38-24-23-31(14-13-25-56-39-22-11-10-21-37(39)54-55-56)28-36(38)51(49(57)63)40(46(52)60)43-48(62)67-44(33-17-8-5-9-18-33)42(32-15-6-4-7-16-32)58(43)45(51)34-19-12-20-35(29-34)66-27-26-59/h4-12,15-24,28-30,40-45,59H,25-27H2,1-3H3,(H2,52,60)(H,53,64)/t40-,41+,42-,43-,44+,45+,51-/m1/s1. The van der Waals surface area contributed by atoms with Crippen LogP contribution >= 0.6 is 0 Å². The molecule has 9 rings (SSSR count). The van der Waals surface area contributed by atoms with Crippen LogP contribution in [0.5, 0.6) is 5.75 Å². The molecule has 0 unspecified atom stereocenters. The summed E-state index contributed by atoms with van der Waals surface area (Å²) in [6.07, 6.45) is -0.959. The number of hydrogen-bond donors (Lipinski definition) is 3. The molecule has 340 valence electrons. The first-order valence-electron chi connectivity index (χ1n) is 21.8. The summed E-state index contributed by atoms with van der Waals surface area (Å²) in [6.45, 7) is 3.24. The number of anilines is 1. The molecule has 5 aromatic carbocycles. The number of hydrogen-bond acceptors (Lipinski definition) is 12. The van der Waals surface area contributed by atoms with Gasteiger partial charge < -0.3 is 30.4 Å². The van der Waals surface area contributed by atoms with E-state index in [0.29, 0.717) is 33.5 Å². The van der Waals surface area contributed by atoms with Crippen molar-refractivity contribution in [1.82, 2.24) is 25.2 Å². The van der Waals surface area contributed by atoms with Crippen LogP contribution in [-0.4, -0.2) is 87.2 Å². The number of aliphatic hydroxyl groups excluding tert-OH is 1. The molecule has 16 heteroatoms. The number of benzene rings is 5. The van der Waals surface area contributed by atoms with Gasteiger partial charge in [-0.25, -0.2) is 19.2 Å². The van der Waals surface area contributed by atoms with Crippen molar-refractivity contribution in [3.8, 4) is 17.6 Å². The number of urea groups is 1. The Hall–Kier alpha value is -7.87. The molecule has 16 nitrogen and oxygen atoms in total. The first-order valence-corrected chi connectivity index (χ1v) is 21.8. The van der Waals surface area contributed by atoms with Gasteiger partial charge in [0.15, 0.2) is 0 Å². The third kappa shape index (κ3) is 7.61. The molecule has 6 aromatic rings. The number of cyclic esters (lactones) is 1. The minimum atomic E-state index is -2.14. The quantitative estimate of drug-likeness (QED) is 0.117. The van der Waals surface area contributed by atoms with Gasteiger partial charge in [0, 0.05) is 5.56 Å². The molecule has 0 saturated carbocycles. The molecule has 0 bridgehead atoms. The predicted molar refractivity (Wildman–Crippen MR) is 244 cm³/mol. The van der Waals surface area contributed by atoms with Gasteiger partial charge in [0.1, 0.15) is 48.0 Å². The number of aliphatic hydroxyl groups is 1. The van der Waals surface area contributed by atoms with Crippen LogP contribution in [0.25, 0.3) is 11.0 Å². The van der Waals surface area contributed by atoms with Crippen molar-refractivity contribution in [2.24, 2.45) is 17.6 Å². The topological polar surface area (TPSA) is 209 Å². The van der Waals surface area contributed by atoms with E-state index in [1.54, 1.807) is 61.0 Å². The van der Waals surface area contributed by atoms with E-state index in [2.05, 4.69) is 27.5 Å². The lowest BCUT2D eigenvalue weighted by Gasteiger charge is -2.46. The van der Waals surface area contributed by atoms with Crippen LogP contribution in [0.2, 0.25) is 0 Å². The van der Waals surface area contributed by atoms with Crippen LogP contribution in [-0.2, 0) is 40.6 Å². The molecule has 4 heterocycles. The second kappa shape index (κ2) is 18.2. The van der Waals surface area contributed by atoms with Gasteiger partial charge in [0.05, 0.1) is 42.9 Å². The molecule has 3 aliphatic heterocycles. The zero-order chi connectivity index (χ0) is 47.0. The lowest BCUT2D eigenvalue weighted by atomic mass is 9.65. The molecule has 0 radical (unpaired) electrons. The Morgan fingerprint density at radius 1 is 0.881 bits per heavy atom. The fourth-order valence-corrected chi connectivity index (χ4v) is 10.0. The molecule has 1 spiro atoms. The number of fused-ring (bicyclic) bond motifs is 4. The van der Waals surface area contributed by atoms with E-state index in [-0.39, 0.29) is 31.0 Å². The maximum Gasteiger partial charge on any atom is 0.329 e. The second-order valence-corrected chi connectivity index (χ2v) is 16.9. The van der Waals surface area contributed by atoms with E-state index in [9.17, 15) is 19.5 Å². The SMILES string of the molecule is COC(=O)[C@@H](NC(=O)N1C(=O)[C@@]2(c3cc(C#CCn4nnc5ccccc54)ccc31)[C@H](c1cccc(OCCO)c1)N1[C@H](c3ccccc3)[C@H](c3ccccc3)OC(=O)[C@H]1[C@@H]2C(N)=O)C(C)C. The molecule has 0 aliphatic carbocycles. The zero-order valence-electron chi connectivity index (χ0n) is 36.8. The van der Waals surface area contributed by atoms with Gasteiger partial charge in [0.2, 0.25) is 11.8 Å². The summed E-state index contributed by atoms with van der Waals surface area (Å²) in [4.78, 5) is 76.6. The zero-order valence-corrected chi connectivity index (χ0v) is 36.8. The Labute approximate surface area is 385 Å². The summed E-state index contributed by atoms with van der Waals surface area (Å²) in [5.74, 6) is 1.11. The summed E-state index contributed by atoms with van der Waals surface area (Å²) in [6, 6.07) is 31.9. The highest BCUT2D eigenvalue weighted by Crippen LogP contribution is 2.66. The predicted octanol–water partition coefficient (Wildman–Crippen LogP) is 4.91. The summed E-state index contributed by atoms with van der Waals surface area (Å²) in [5.41, 5.74) is 8.30. The number of primary amides is 1. The number of nitrogens with zero attached hydrogens (tertiary/aromatic N) is 5. The van der Waals surface area contributed by atoms with Crippen LogP contribution in [0.15, 0.2) is 127 Å². The molecule has 67 heavy (non-hydrogen) atoms. The number of aromatic nitrogens is 3. The highest BCUT2D eigenvalue weighted by Gasteiger charge is 2.75. The molecule has 2 saturated heterocycles. The summed E-state index contributed by atoms with van der Waals surface area (Å²) >= 11 is 0. The number of ether oxygens (including phenoxy) is 3. The van der Waals surface area contributed by atoms with Crippen molar-refractivity contribution in [3.05, 3.63) is 155 Å². The third-order valence-electron chi connectivity index (χ3n) is 12.8. The number of nitrogens with two attached hydrogens (primary N) is 1. The highest BCUT2D eigenvalue weighted by molar-refractivity contribution is 6.25. The van der Waals surface area contributed by atoms with E-state index >= 15 is 9.59 Å². The Bertz CT molecular complexity index is 2950. The number of imide groups is 1. The van der Waals surface area contributed by atoms with Gasteiger partial charge in [0.25, 0.3) is 0 Å². The normalized spacial score (nSPS) is 22.4. The minimum absolute atomic E-state index is 0.0517. The first kappa shape index (κ1) is 44.3. The lowest BCUT2D eigenvalue weighted by molar-refractivity contribution is -0.178. The summed E-state index contributed by atoms with van der Waals surface area (Å²) < 4.78 is 19.0. The average Bonchev–Trinajstić information content (AvgIpc) is 3.98. The van der Waals surface area contributed by atoms with Crippen LogP contribution in [0.3, 0.4) is 0 Å². The Balaban J connectivity index is 1.31. The van der Waals surface area contributed by atoms with E-state index in [1.165, 1.54) is 7.11 Å². The Morgan fingerprint density at radius 3 is 2.28 bits per heavy atom. The minimum Gasteiger partial charge on any atom is -0.491 e. The number of para-hydroxylation sites is 1. The number of amides is 4. The number of rotatable bonds is 11. The molecular weight excluding hydrogens is 855 g/mol. The number of methoxy groups -OCH3 is 1. The Kier molecular flexibility index (Phi) is 12.0. The molecular formula is C51H47N7O9. The third-order valence-corrected chi connectivity index (χ3v) is 12.8. The molecule has 4 N–H and O–H groups in total. The number of nitrogens with one attached hydrogen (secondary N) is 1. The summed E-state index contributed by atoms with van der Waals surface area (Å²) in [7, 11) is 1.20. The monoisotopic (exact) mass is 901 g/mol. The van der Waals surface area contributed by atoms with Gasteiger partial charge in [-0.15, -0.1) is 5.10 Å². The van der Waals surface area contributed by atoms with E-state index in [0.717, 1.165) is 10.4 Å². The number of carbonyl (C=O) groups excluding carboxylic acids is 5. The van der Waals surface area contributed by atoms with E-state index < -0.39 is 77.3 Å². The fraction of sp³-hybridized carbons (Fsp3) is 0.275. The van der Waals surface area contributed by atoms with E-state index in [4.69, 9.17) is 19.9 Å². The van der Waals surface area contributed by atoms with Crippen molar-refractivity contribution >= 4 is 46.5 Å². The molecule has 2 fully saturated rings. The smallest absolute Gasteiger partial charge is 0.329 e. The van der Waals surface area contributed by atoms with Crippen molar-refractivity contribution < 1.29 is 43.3 Å². The van der Waals surface area contributed by atoms with Crippen molar-refractivity contribution in [2.75, 3.05) is 25.2 Å². The van der Waals surface area contributed by atoms with Gasteiger partial charge >= 0.3 is 18.0 Å². The lowest BCUT2D eigenvalue weighted by Crippen LogP contribution is -2.57. The first-order chi connectivity index (χ1) is 32.5. The van der Waals surface area contributed by atoms with Crippen LogP contribution in [0.1, 0.15) is 59.9 Å². The van der Waals surface area contributed by atoms with Crippen molar-refractivity contribution in [2.45, 2.75) is 56.1 Å². The van der Waals surface area contributed by atoms with Gasteiger partial charge in [-0.05, 0) is 70.6 Å². The van der Waals surface area contributed by atoms with E-state index in [1.807, 2.05) is 89.8 Å². The molecule has 1 aromatic heterocycles. The number of carbonyl (C=O) groups is 5. The van der Waals surface area contributed by atoms with Gasteiger partial charge in [-0.1, -0.05) is 116 Å².